The molecule has 1 aliphatic carbocycles. The number of amides is 2. The topological polar surface area (TPSA) is 74.8 Å². The molecule has 1 heterocycles. The third kappa shape index (κ3) is 2.73. The number of anilines is 1. The summed E-state index contributed by atoms with van der Waals surface area (Å²) in [5, 5.41) is 0. The predicted molar refractivity (Wildman–Crippen MR) is 101 cm³/mol. The highest BCUT2D eigenvalue weighted by Gasteiger charge is 2.48. The van der Waals surface area contributed by atoms with E-state index in [1.54, 1.807) is 7.05 Å². The van der Waals surface area contributed by atoms with Crippen LogP contribution in [0.25, 0.3) is 0 Å². The second kappa shape index (κ2) is 5.92. The number of fused-ring (bicyclic) bond motifs is 1. The van der Waals surface area contributed by atoms with Crippen LogP contribution in [0.2, 0.25) is 0 Å². The lowest BCUT2D eigenvalue weighted by atomic mass is 10.1. The maximum atomic E-state index is 13.0. The molecule has 2 aromatic carbocycles. The average molecular weight is 384 g/mol. The number of carbonyl (C=O) groups is 2. The van der Waals surface area contributed by atoms with Crippen LogP contribution in [-0.4, -0.2) is 37.6 Å². The van der Waals surface area contributed by atoms with Crippen LogP contribution < -0.4 is 4.90 Å². The van der Waals surface area contributed by atoms with E-state index in [0.29, 0.717) is 12.8 Å². The van der Waals surface area contributed by atoms with E-state index in [0.717, 1.165) is 21.1 Å². The fourth-order valence-corrected chi connectivity index (χ4v) is 5.28. The Bertz CT molecular complexity index is 1090. The molecule has 1 aliphatic heterocycles. The van der Waals surface area contributed by atoms with Gasteiger partial charge in [0.25, 0.3) is 21.8 Å². The molecule has 1 saturated carbocycles. The van der Waals surface area contributed by atoms with Crippen molar-refractivity contribution in [1.29, 1.82) is 0 Å². The van der Waals surface area contributed by atoms with Crippen LogP contribution in [-0.2, 0) is 10.0 Å². The SMILES string of the molecule is Cc1ccc(C)c(N(C)C(=O)c2ccc3c(c2)S(=O)(=O)N(C2CC2)C3=O)c1. The molecule has 7 heteroatoms. The highest BCUT2D eigenvalue weighted by molar-refractivity contribution is 7.90. The molecule has 0 saturated heterocycles. The van der Waals surface area contributed by atoms with Gasteiger partial charge in [0.15, 0.2) is 0 Å². The Morgan fingerprint density at radius 3 is 2.48 bits per heavy atom. The summed E-state index contributed by atoms with van der Waals surface area (Å²) in [7, 11) is -2.22. The maximum Gasteiger partial charge on any atom is 0.269 e. The maximum absolute atomic E-state index is 13.0. The third-order valence-electron chi connectivity index (χ3n) is 5.11. The lowest BCUT2D eigenvalue weighted by molar-refractivity contribution is 0.0864. The monoisotopic (exact) mass is 384 g/mol. The Labute approximate surface area is 158 Å². The molecule has 0 bridgehead atoms. The van der Waals surface area contributed by atoms with Gasteiger partial charge in [-0.1, -0.05) is 12.1 Å². The lowest BCUT2D eigenvalue weighted by Crippen LogP contribution is -2.32. The van der Waals surface area contributed by atoms with Crippen molar-refractivity contribution in [1.82, 2.24) is 4.31 Å². The number of hydrogen-bond donors (Lipinski definition) is 0. The van der Waals surface area contributed by atoms with Gasteiger partial charge in [0.1, 0.15) is 4.90 Å². The summed E-state index contributed by atoms with van der Waals surface area (Å²) in [6.07, 6.45) is 1.39. The molecule has 0 atom stereocenters. The van der Waals surface area contributed by atoms with E-state index in [4.69, 9.17) is 0 Å². The second-order valence-electron chi connectivity index (χ2n) is 7.20. The molecule has 4 rings (SSSR count). The van der Waals surface area contributed by atoms with E-state index in [9.17, 15) is 18.0 Å². The number of carbonyl (C=O) groups excluding carboxylic acids is 2. The van der Waals surface area contributed by atoms with Crippen molar-refractivity contribution in [3.8, 4) is 0 Å². The number of sulfonamides is 1. The zero-order valence-electron chi connectivity index (χ0n) is 15.4. The molecule has 27 heavy (non-hydrogen) atoms. The van der Waals surface area contributed by atoms with Crippen molar-refractivity contribution >= 4 is 27.5 Å². The summed E-state index contributed by atoms with van der Waals surface area (Å²) in [6.45, 7) is 3.86. The molecule has 140 valence electrons. The van der Waals surface area contributed by atoms with Crippen molar-refractivity contribution in [2.45, 2.75) is 37.6 Å². The summed E-state index contributed by atoms with van der Waals surface area (Å²) < 4.78 is 26.5. The molecule has 0 radical (unpaired) electrons. The van der Waals surface area contributed by atoms with Crippen LogP contribution in [0, 0.1) is 13.8 Å². The van der Waals surface area contributed by atoms with Gasteiger partial charge in [-0.05, 0) is 62.1 Å². The molecule has 0 aromatic heterocycles. The van der Waals surface area contributed by atoms with Gasteiger partial charge in [0, 0.05) is 24.3 Å². The fraction of sp³-hybridized carbons (Fsp3) is 0.300. The van der Waals surface area contributed by atoms with Crippen molar-refractivity contribution in [3.05, 3.63) is 58.7 Å². The van der Waals surface area contributed by atoms with Gasteiger partial charge in [-0.3, -0.25) is 9.59 Å². The van der Waals surface area contributed by atoms with Crippen molar-refractivity contribution in [2.24, 2.45) is 0 Å². The number of aryl methyl sites for hydroxylation is 2. The minimum Gasteiger partial charge on any atom is -0.311 e. The van der Waals surface area contributed by atoms with Crippen LogP contribution in [0.3, 0.4) is 0 Å². The van der Waals surface area contributed by atoms with E-state index >= 15 is 0 Å². The molecular formula is C20H20N2O4S. The highest BCUT2D eigenvalue weighted by Crippen LogP contribution is 2.39. The average Bonchev–Trinajstić information content (AvgIpc) is 3.43. The van der Waals surface area contributed by atoms with Crippen LogP contribution >= 0.6 is 0 Å². The van der Waals surface area contributed by atoms with E-state index < -0.39 is 15.9 Å². The van der Waals surface area contributed by atoms with Crippen molar-refractivity contribution < 1.29 is 18.0 Å². The Morgan fingerprint density at radius 2 is 1.81 bits per heavy atom. The normalized spacial score (nSPS) is 17.7. The zero-order valence-corrected chi connectivity index (χ0v) is 16.2. The Hall–Kier alpha value is -2.67. The number of benzene rings is 2. The predicted octanol–water partition coefficient (Wildman–Crippen LogP) is 2.89. The lowest BCUT2D eigenvalue weighted by Gasteiger charge is -2.20. The van der Waals surface area contributed by atoms with Gasteiger partial charge >= 0.3 is 0 Å². The van der Waals surface area contributed by atoms with Gasteiger partial charge in [-0.25, -0.2) is 12.7 Å². The Kier molecular flexibility index (Phi) is 3.89. The van der Waals surface area contributed by atoms with Crippen molar-refractivity contribution in [3.63, 3.8) is 0 Å². The van der Waals surface area contributed by atoms with E-state index in [2.05, 4.69) is 0 Å². The first-order valence-electron chi connectivity index (χ1n) is 8.80. The first kappa shape index (κ1) is 17.7. The van der Waals surface area contributed by atoms with Crippen LogP contribution in [0.1, 0.15) is 44.7 Å². The summed E-state index contributed by atoms with van der Waals surface area (Å²) >= 11 is 0. The summed E-state index contributed by atoms with van der Waals surface area (Å²) in [6, 6.07) is 9.87. The quantitative estimate of drug-likeness (QED) is 0.816. The molecule has 6 nitrogen and oxygen atoms in total. The van der Waals surface area contributed by atoms with Crippen LogP contribution in [0.15, 0.2) is 41.3 Å². The van der Waals surface area contributed by atoms with E-state index in [-0.39, 0.29) is 28.0 Å². The number of nitrogens with zero attached hydrogens (tertiary/aromatic N) is 2. The molecular weight excluding hydrogens is 364 g/mol. The van der Waals surface area contributed by atoms with Gasteiger partial charge < -0.3 is 4.90 Å². The van der Waals surface area contributed by atoms with E-state index in [1.807, 2.05) is 32.0 Å². The summed E-state index contributed by atoms with van der Waals surface area (Å²) in [5.41, 5.74) is 3.12. The molecule has 0 spiro atoms. The Balaban J connectivity index is 1.73. The molecule has 0 unspecified atom stereocenters. The Morgan fingerprint density at radius 1 is 1.11 bits per heavy atom. The molecule has 2 amide bonds. The minimum atomic E-state index is -3.88. The largest absolute Gasteiger partial charge is 0.311 e. The standard InChI is InChI=1S/C20H20N2O4S/c1-12-4-5-13(2)17(10-12)21(3)19(23)14-6-9-16-18(11-14)27(25,26)22(20(16)24)15-7-8-15/h4-6,9-11,15H,7-8H2,1-3H3. The van der Waals surface area contributed by atoms with Gasteiger partial charge in [0.05, 0.1) is 5.56 Å². The van der Waals surface area contributed by atoms with Gasteiger partial charge in [-0.15, -0.1) is 0 Å². The molecule has 0 N–H and O–H groups in total. The van der Waals surface area contributed by atoms with Crippen LogP contribution in [0.5, 0.6) is 0 Å². The third-order valence-corrected chi connectivity index (χ3v) is 6.98. The van der Waals surface area contributed by atoms with Gasteiger partial charge in [-0.2, -0.15) is 0 Å². The summed E-state index contributed by atoms with van der Waals surface area (Å²) in [5.74, 6) is -0.812. The minimum absolute atomic E-state index is 0.0698. The zero-order chi connectivity index (χ0) is 19.5. The fourth-order valence-electron chi connectivity index (χ4n) is 3.43. The van der Waals surface area contributed by atoms with Gasteiger partial charge in [0.2, 0.25) is 0 Å². The highest BCUT2D eigenvalue weighted by atomic mass is 32.2. The molecule has 2 aromatic rings. The van der Waals surface area contributed by atoms with Crippen LogP contribution in [0.4, 0.5) is 5.69 Å². The second-order valence-corrected chi connectivity index (χ2v) is 8.99. The first-order chi connectivity index (χ1) is 12.7. The molecule has 2 aliphatic rings. The smallest absolute Gasteiger partial charge is 0.269 e. The van der Waals surface area contributed by atoms with Crippen molar-refractivity contribution in [2.75, 3.05) is 11.9 Å². The number of rotatable bonds is 3. The van der Waals surface area contributed by atoms with E-state index in [1.165, 1.54) is 23.1 Å². The molecule has 1 fully saturated rings. The first-order valence-corrected chi connectivity index (χ1v) is 10.2. The summed E-state index contributed by atoms with van der Waals surface area (Å²) in [4.78, 5) is 26.9. The number of hydrogen-bond acceptors (Lipinski definition) is 4.